The first-order valence-electron chi connectivity index (χ1n) is 12.1. The number of aromatic nitrogens is 8. The molecule has 0 aliphatic carbocycles. The molecule has 1 unspecified atom stereocenters. The predicted octanol–water partition coefficient (Wildman–Crippen LogP) is 1.24. The van der Waals surface area contributed by atoms with E-state index in [4.69, 9.17) is 34.7 Å². The van der Waals surface area contributed by atoms with Crippen molar-refractivity contribution in [2.75, 3.05) is 31.5 Å². The van der Waals surface area contributed by atoms with Crippen molar-refractivity contribution in [3.63, 3.8) is 0 Å². The normalized spacial score (nSPS) is 31.9. The number of nitrogen functional groups attached to an aromatic ring is 2. The van der Waals surface area contributed by atoms with Gasteiger partial charge in [-0.3, -0.25) is 18.8 Å². The molecule has 5 N–H and O–H groups in total. The van der Waals surface area contributed by atoms with Gasteiger partial charge in [-0.25, -0.2) is 23.3 Å². The first kappa shape index (κ1) is 27.9. The molecule has 6 heterocycles. The minimum atomic E-state index is -4.44. The van der Waals surface area contributed by atoms with E-state index >= 15 is 8.78 Å². The van der Waals surface area contributed by atoms with Gasteiger partial charge in [-0.15, -0.1) is 5.10 Å². The van der Waals surface area contributed by atoms with Crippen LogP contribution in [0.5, 0.6) is 0 Å². The Hall–Kier alpha value is -3.26. The Kier molecular flexibility index (Phi) is 7.39. The van der Waals surface area contributed by atoms with Crippen molar-refractivity contribution in [2.45, 2.75) is 37.5 Å². The van der Waals surface area contributed by atoms with E-state index in [1.54, 1.807) is 12.3 Å². The molecule has 17 nitrogen and oxygen atoms in total. The summed E-state index contributed by atoms with van der Waals surface area (Å²) in [5, 5.41) is 7.88. The molecule has 21 heteroatoms. The van der Waals surface area contributed by atoms with Crippen molar-refractivity contribution in [2.24, 2.45) is 5.92 Å². The molecule has 0 spiro atoms. The lowest BCUT2D eigenvalue weighted by Gasteiger charge is -2.24. The summed E-state index contributed by atoms with van der Waals surface area (Å²) in [6, 6.07) is 1.64. The molecule has 2 aliphatic rings. The predicted molar refractivity (Wildman–Crippen MR) is 139 cm³/mol. The van der Waals surface area contributed by atoms with Gasteiger partial charge in [-0.05, 0) is 12.5 Å². The van der Waals surface area contributed by atoms with Gasteiger partial charge in [0.25, 0.3) is 11.9 Å². The molecule has 220 valence electrons. The maximum Gasteiger partial charge on any atom is 0.388 e. The first-order chi connectivity index (χ1) is 19.6. The third kappa shape index (κ3) is 5.27. The lowest BCUT2D eigenvalue weighted by Crippen LogP contribution is -2.28. The maximum absolute atomic E-state index is 15.8. The fourth-order valence-electron chi connectivity index (χ4n) is 4.75. The van der Waals surface area contributed by atoms with E-state index in [1.807, 2.05) is 0 Å². The van der Waals surface area contributed by atoms with Crippen LogP contribution in [0.2, 0.25) is 0 Å². The second-order valence-electron chi connectivity index (χ2n) is 9.14. The Morgan fingerprint density at radius 1 is 1.20 bits per heavy atom. The molecule has 0 saturated carbocycles. The van der Waals surface area contributed by atoms with E-state index in [-0.39, 0.29) is 36.0 Å². The Balaban J connectivity index is 1.24. The number of nitrogens with two attached hydrogens (primary N) is 2. The van der Waals surface area contributed by atoms with E-state index in [0.29, 0.717) is 11.0 Å². The minimum absolute atomic E-state index is 0.0365. The van der Waals surface area contributed by atoms with Crippen LogP contribution in [0.3, 0.4) is 0 Å². The van der Waals surface area contributed by atoms with Gasteiger partial charge >= 0.3 is 6.80 Å². The summed E-state index contributed by atoms with van der Waals surface area (Å²) in [7, 11) is 0. The van der Waals surface area contributed by atoms with E-state index < -0.39 is 62.8 Å². The van der Waals surface area contributed by atoms with Gasteiger partial charge in [0.1, 0.15) is 24.6 Å². The average molecular weight is 617 g/mol. The third-order valence-electron chi connectivity index (χ3n) is 6.66. The Morgan fingerprint density at radius 2 is 2.02 bits per heavy atom. The summed E-state index contributed by atoms with van der Waals surface area (Å²) in [5.41, 5.74) is 10.6. The topological polar surface area (TPSA) is 222 Å². The summed E-state index contributed by atoms with van der Waals surface area (Å²) < 4.78 is 73.7. The highest BCUT2D eigenvalue weighted by atomic mass is 32.7. The number of aromatic amines is 1. The van der Waals surface area contributed by atoms with E-state index in [0.717, 1.165) is 4.68 Å². The first-order valence-corrected chi connectivity index (χ1v) is 14.8. The minimum Gasteiger partial charge on any atom is -0.383 e. The molecule has 2 aliphatic heterocycles. The highest BCUT2D eigenvalue weighted by Gasteiger charge is 2.47. The summed E-state index contributed by atoms with van der Waals surface area (Å²) in [6.45, 7) is -5.48. The van der Waals surface area contributed by atoms with Gasteiger partial charge in [0.2, 0.25) is 12.2 Å². The lowest BCUT2D eigenvalue weighted by molar-refractivity contribution is -0.182. The van der Waals surface area contributed by atoms with Crippen molar-refractivity contribution >= 4 is 53.0 Å². The number of thiol groups is 1. The molecule has 2 fully saturated rings. The van der Waals surface area contributed by atoms with Gasteiger partial charge in [-0.1, -0.05) is 17.5 Å². The number of nitrogens with one attached hydrogen (secondary N) is 1. The fraction of sp³-hybridized carbons (Fsp3) is 0.500. The molecule has 2 saturated heterocycles. The number of rotatable bonds is 2. The zero-order chi connectivity index (χ0) is 28.9. The SMILES string of the molecule is Nc1nc2c(nnn2[C@@H]2OCOCC[C@H]3[C@H](F)[C@H](n4ccc5c(N)ncnc54)O[C@@H]3COP(=O)(S)O[C@@H]2F)c(=O)[nH]1. The smallest absolute Gasteiger partial charge is 0.383 e. The third-order valence-corrected chi connectivity index (χ3v) is 8.23. The number of ether oxygens (including phenoxy) is 3. The van der Waals surface area contributed by atoms with Crippen LogP contribution < -0.4 is 17.0 Å². The summed E-state index contributed by atoms with van der Waals surface area (Å²) in [6.07, 6.45) is -5.06. The van der Waals surface area contributed by atoms with E-state index in [9.17, 15) is 9.36 Å². The molecule has 0 amide bonds. The van der Waals surface area contributed by atoms with Gasteiger partial charge in [0.15, 0.2) is 23.6 Å². The number of halogens is 2. The number of nitrogens with zero attached hydrogens (tertiary/aromatic N) is 7. The van der Waals surface area contributed by atoms with Crippen molar-refractivity contribution in [1.29, 1.82) is 0 Å². The van der Waals surface area contributed by atoms with Crippen LogP contribution in [0.15, 0.2) is 23.4 Å². The van der Waals surface area contributed by atoms with Crippen molar-refractivity contribution in [3.05, 3.63) is 28.9 Å². The van der Waals surface area contributed by atoms with Gasteiger partial charge in [0.05, 0.1) is 18.1 Å². The van der Waals surface area contributed by atoms with Crippen LogP contribution in [-0.2, 0) is 27.8 Å². The second-order valence-corrected chi connectivity index (χ2v) is 12.0. The molecule has 4 aromatic heterocycles. The number of fused-ring (bicyclic) bond motifs is 3. The van der Waals surface area contributed by atoms with Crippen LogP contribution >= 0.6 is 19.0 Å². The molecule has 4 aromatic rings. The molecule has 0 aromatic carbocycles. The highest BCUT2D eigenvalue weighted by molar-refractivity contribution is 8.44. The number of anilines is 2. The molecule has 0 bridgehead atoms. The van der Waals surface area contributed by atoms with E-state index in [2.05, 4.69) is 42.5 Å². The van der Waals surface area contributed by atoms with Crippen LogP contribution in [0.1, 0.15) is 18.9 Å². The van der Waals surface area contributed by atoms with Gasteiger partial charge < -0.3 is 30.2 Å². The van der Waals surface area contributed by atoms with Gasteiger partial charge in [0, 0.05) is 18.7 Å². The van der Waals surface area contributed by atoms with Crippen LogP contribution in [-0.4, -0.2) is 78.1 Å². The molecule has 7 atom stereocenters. The Labute approximate surface area is 233 Å². The summed E-state index contributed by atoms with van der Waals surface area (Å²) >= 11 is 3.87. The quantitative estimate of drug-likeness (QED) is 0.184. The molecule has 41 heavy (non-hydrogen) atoms. The van der Waals surface area contributed by atoms with Crippen molar-refractivity contribution < 1.29 is 36.6 Å². The number of hydrogen-bond donors (Lipinski definition) is 4. The van der Waals surface area contributed by atoms with E-state index in [1.165, 1.54) is 10.9 Å². The molecular weight excluding hydrogens is 593 g/mol. The van der Waals surface area contributed by atoms with Gasteiger partial charge in [-0.2, -0.15) is 9.67 Å². The van der Waals surface area contributed by atoms with Crippen LogP contribution in [0.4, 0.5) is 20.5 Å². The zero-order valence-electron chi connectivity index (χ0n) is 20.8. The standard InChI is InChI=1S/C20H23F2N10O7PS/c21-11-8-2-4-35-7-36-19(32-16-12(29-30-32)17(33)28-20(24)27-16)13(22)39-40(34,41)37-5-10(8)38-18(11)31-3-1-9-14(23)25-6-26-15(9)31/h1,3,6,8,10-11,13,18-19H,2,4-5,7H2,(H,34,41)(H2,23,25,26)(H3,24,27,28,33)/t8-,10-,11+,13+,18-,19-,40?/m1/s1. The average Bonchev–Trinajstić information content (AvgIpc) is 3.61. The zero-order valence-corrected chi connectivity index (χ0v) is 22.6. The molecular formula is C20H23F2N10O7PS. The lowest BCUT2D eigenvalue weighted by atomic mass is 9.96. The van der Waals surface area contributed by atoms with Crippen molar-refractivity contribution in [3.8, 4) is 0 Å². The number of H-pyrrole nitrogens is 1. The van der Waals surface area contributed by atoms with Crippen molar-refractivity contribution in [1.82, 2.24) is 39.5 Å². The Bertz CT molecular complexity index is 1690. The number of hydrogen-bond acceptors (Lipinski definition) is 14. The highest BCUT2D eigenvalue weighted by Crippen LogP contribution is 2.56. The van der Waals surface area contributed by atoms with Crippen LogP contribution in [0, 0.1) is 5.92 Å². The molecule has 0 radical (unpaired) electrons. The largest absolute Gasteiger partial charge is 0.388 e. The fourth-order valence-corrected chi connectivity index (χ4v) is 5.98. The monoisotopic (exact) mass is 616 g/mol. The summed E-state index contributed by atoms with van der Waals surface area (Å²) in [5.74, 6) is -0.875. The Morgan fingerprint density at radius 3 is 2.85 bits per heavy atom. The number of alkyl halides is 2. The molecule has 6 rings (SSSR count). The maximum atomic E-state index is 15.8. The van der Waals surface area contributed by atoms with Crippen LogP contribution in [0.25, 0.3) is 22.2 Å². The second kappa shape index (κ2) is 10.9. The summed E-state index contributed by atoms with van der Waals surface area (Å²) in [4.78, 5) is 26.4.